The zero-order valence-electron chi connectivity index (χ0n) is 13.8. The van der Waals surface area contributed by atoms with Crippen LogP contribution in [0.4, 0.5) is 5.69 Å². The van der Waals surface area contributed by atoms with Crippen LogP contribution in [0, 0.1) is 11.8 Å². The molecule has 2 aliphatic rings. The summed E-state index contributed by atoms with van der Waals surface area (Å²) in [5.41, 5.74) is 1.17. The molecule has 2 saturated carbocycles. The lowest BCUT2D eigenvalue weighted by Crippen LogP contribution is -2.34. The van der Waals surface area contributed by atoms with Crippen LogP contribution in [0.25, 0.3) is 10.8 Å². The molecule has 0 spiro atoms. The molecule has 2 amide bonds. The lowest BCUT2D eigenvalue weighted by atomic mass is 10.0. The third kappa shape index (κ3) is 3.14. The normalized spacial score (nSPS) is 18.2. The molecule has 0 aliphatic heterocycles. The maximum atomic E-state index is 12.8. The number of rotatable bonds is 5. The molecule has 1 atom stereocenters. The second kappa shape index (κ2) is 5.93. The number of amides is 2. The molecular weight excluding hydrogens is 300 g/mol. The zero-order valence-corrected chi connectivity index (χ0v) is 13.8. The fraction of sp³-hybridized carbons (Fsp3) is 0.400. The molecular formula is C20H22N2O2. The average molecular weight is 322 g/mol. The van der Waals surface area contributed by atoms with E-state index in [1.807, 2.05) is 36.4 Å². The molecule has 124 valence electrons. The van der Waals surface area contributed by atoms with Crippen LogP contribution in [0.1, 0.15) is 43.0 Å². The SMILES string of the molecule is CC(NC(=O)c1cc2ccccc2cc1NC(=O)C1CC1)C1CC1. The van der Waals surface area contributed by atoms with Gasteiger partial charge in [0.1, 0.15) is 0 Å². The molecule has 2 aliphatic carbocycles. The molecule has 2 aromatic rings. The third-order valence-electron chi connectivity index (χ3n) is 5.02. The van der Waals surface area contributed by atoms with Gasteiger partial charge in [-0.05, 0) is 61.4 Å². The van der Waals surface area contributed by atoms with Crippen LogP contribution in [-0.2, 0) is 4.79 Å². The summed E-state index contributed by atoms with van der Waals surface area (Å²) in [6.45, 7) is 2.05. The fourth-order valence-corrected chi connectivity index (χ4v) is 3.11. The molecule has 24 heavy (non-hydrogen) atoms. The first-order valence-corrected chi connectivity index (χ1v) is 8.76. The van der Waals surface area contributed by atoms with Gasteiger partial charge in [0.15, 0.2) is 0 Å². The predicted octanol–water partition coefficient (Wildman–Crippen LogP) is 3.72. The number of anilines is 1. The van der Waals surface area contributed by atoms with Crippen molar-refractivity contribution >= 4 is 28.3 Å². The van der Waals surface area contributed by atoms with Gasteiger partial charge in [-0.15, -0.1) is 0 Å². The quantitative estimate of drug-likeness (QED) is 0.881. The highest BCUT2D eigenvalue weighted by molar-refractivity contribution is 6.08. The van der Waals surface area contributed by atoms with Crippen molar-refractivity contribution in [2.45, 2.75) is 38.6 Å². The minimum absolute atomic E-state index is 0.0228. The van der Waals surface area contributed by atoms with Crippen LogP contribution in [-0.4, -0.2) is 17.9 Å². The summed E-state index contributed by atoms with van der Waals surface area (Å²) >= 11 is 0. The Morgan fingerprint density at radius 1 is 1.04 bits per heavy atom. The van der Waals surface area contributed by atoms with Crippen LogP contribution in [0.15, 0.2) is 36.4 Å². The van der Waals surface area contributed by atoms with Crippen molar-refractivity contribution in [3.63, 3.8) is 0 Å². The van der Waals surface area contributed by atoms with Gasteiger partial charge < -0.3 is 10.6 Å². The summed E-state index contributed by atoms with van der Waals surface area (Å²) in [6.07, 6.45) is 4.26. The van der Waals surface area contributed by atoms with Crippen molar-refractivity contribution in [3.05, 3.63) is 42.0 Å². The highest BCUT2D eigenvalue weighted by atomic mass is 16.2. The van der Waals surface area contributed by atoms with Gasteiger partial charge in [-0.25, -0.2) is 0 Å². The van der Waals surface area contributed by atoms with E-state index in [0.717, 1.165) is 23.6 Å². The number of carbonyl (C=O) groups is 2. The molecule has 1 unspecified atom stereocenters. The van der Waals surface area contributed by atoms with Crippen LogP contribution < -0.4 is 10.6 Å². The Balaban J connectivity index is 1.66. The van der Waals surface area contributed by atoms with E-state index in [4.69, 9.17) is 0 Å². The Hall–Kier alpha value is -2.36. The second-order valence-electron chi connectivity index (χ2n) is 7.11. The minimum atomic E-state index is -0.105. The van der Waals surface area contributed by atoms with E-state index >= 15 is 0 Å². The van der Waals surface area contributed by atoms with Gasteiger partial charge in [-0.2, -0.15) is 0 Å². The Kier molecular flexibility index (Phi) is 3.75. The van der Waals surface area contributed by atoms with Crippen molar-refractivity contribution in [1.29, 1.82) is 0 Å². The first kappa shape index (κ1) is 15.2. The highest BCUT2D eigenvalue weighted by Crippen LogP contribution is 2.34. The van der Waals surface area contributed by atoms with Crippen LogP contribution >= 0.6 is 0 Å². The van der Waals surface area contributed by atoms with Gasteiger partial charge in [-0.3, -0.25) is 9.59 Å². The maximum absolute atomic E-state index is 12.8. The van der Waals surface area contributed by atoms with Crippen LogP contribution in [0.2, 0.25) is 0 Å². The standard InChI is InChI=1S/C20H22N2O2/c1-12(13-6-7-13)21-20(24)17-10-15-4-2-3-5-16(15)11-18(17)22-19(23)14-8-9-14/h2-5,10-14H,6-9H2,1H3,(H,21,24)(H,22,23). The number of hydrogen-bond acceptors (Lipinski definition) is 2. The predicted molar refractivity (Wildman–Crippen MR) is 95.0 cm³/mol. The number of nitrogens with one attached hydrogen (secondary N) is 2. The molecule has 2 aromatic carbocycles. The van der Waals surface area contributed by atoms with E-state index < -0.39 is 0 Å². The Bertz CT molecular complexity index is 806. The number of benzene rings is 2. The lowest BCUT2D eigenvalue weighted by molar-refractivity contribution is -0.117. The molecule has 4 heteroatoms. The van der Waals surface area contributed by atoms with Gasteiger partial charge in [-0.1, -0.05) is 24.3 Å². The Morgan fingerprint density at radius 3 is 2.33 bits per heavy atom. The molecule has 0 bridgehead atoms. The van der Waals surface area contributed by atoms with Gasteiger partial charge in [0.2, 0.25) is 5.91 Å². The van der Waals surface area contributed by atoms with Crippen LogP contribution in [0.3, 0.4) is 0 Å². The van der Waals surface area contributed by atoms with Crippen molar-refractivity contribution in [3.8, 4) is 0 Å². The summed E-state index contributed by atoms with van der Waals surface area (Å²) in [4.78, 5) is 24.9. The topological polar surface area (TPSA) is 58.2 Å². The van der Waals surface area contributed by atoms with E-state index in [-0.39, 0.29) is 23.8 Å². The summed E-state index contributed by atoms with van der Waals surface area (Å²) < 4.78 is 0. The smallest absolute Gasteiger partial charge is 0.253 e. The van der Waals surface area contributed by atoms with Gasteiger partial charge in [0.25, 0.3) is 5.91 Å². The van der Waals surface area contributed by atoms with E-state index in [0.29, 0.717) is 17.2 Å². The fourth-order valence-electron chi connectivity index (χ4n) is 3.11. The number of fused-ring (bicyclic) bond motifs is 1. The van der Waals surface area contributed by atoms with Crippen molar-refractivity contribution in [2.24, 2.45) is 11.8 Å². The summed E-state index contributed by atoms with van der Waals surface area (Å²) in [6, 6.07) is 11.9. The molecule has 0 heterocycles. The van der Waals surface area contributed by atoms with Gasteiger partial charge >= 0.3 is 0 Å². The first-order chi connectivity index (χ1) is 11.6. The third-order valence-corrected chi connectivity index (χ3v) is 5.02. The molecule has 4 nitrogen and oxygen atoms in total. The molecule has 2 fully saturated rings. The van der Waals surface area contributed by atoms with Crippen molar-refractivity contribution in [2.75, 3.05) is 5.32 Å². The monoisotopic (exact) mass is 322 g/mol. The maximum Gasteiger partial charge on any atom is 0.253 e. The van der Waals surface area contributed by atoms with Gasteiger partial charge in [0, 0.05) is 12.0 Å². The lowest BCUT2D eigenvalue weighted by Gasteiger charge is -2.16. The number of hydrogen-bond donors (Lipinski definition) is 2. The molecule has 0 aromatic heterocycles. The van der Waals surface area contributed by atoms with E-state index in [9.17, 15) is 9.59 Å². The van der Waals surface area contributed by atoms with Crippen molar-refractivity contribution < 1.29 is 9.59 Å². The van der Waals surface area contributed by atoms with Gasteiger partial charge in [0.05, 0.1) is 11.3 Å². The Morgan fingerprint density at radius 2 is 1.71 bits per heavy atom. The summed E-state index contributed by atoms with van der Waals surface area (Å²) in [5, 5.41) is 8.08. The molecule has 0 radical (unpaired) electrons. The minimum Gasteiger partial charge on any atom is -0.349 e. The first-order valence-electron chi connectivity index (χ1n) is 8.76. The molecule has 0 saturated heterocycles. The van der Waals surface area contributed by atoms with Crippen molar-refractivity contribution in [1.82, 2.24) is 5.32 Å². The summed E-state index contributed by atoms with van der Waals surface area (Å²) in [5.74, 6) is 0.623. The van der Waals surface area contributed by atoms with Crippen LogP contribution in [0.5, 0.6) is 0 Å². The average Bonchev–Trinajstić information content (AvgIpc) is 3.46. The highest BCUT2D eigenvalue weighted by Gasteiger charge is 2.32. The zero-order chi connectivity index (χ0) is 16.7. The van der Waals surface area contributed by atoms with E-state index in [2.05, 4.69) is 17.6 Å². The van der Waals surface area contributed by atoms with E-state index in [1.165, 1.54) is 12.8 Å². The summed E-state index contributed by atoms with van der Waals surface area (Å²) in [7, 11) is 0. The second-order valence-corrected chi connectivity index (χ2v) is 7.11. The number of carbonyl (C=O) groups excluding carboxylic acids is 2. The largest absolute Gasteiger partial charge is 0.349 e. The van der Waals surface area contributed by atoms with E-state index in [1.54, 1.807) is 0 Å². The molecule has 2 N–H and O–H groups in total. The molecule has 4 rings (SSSR count). The Labute approximate surface area is 141 Å².